The lowest BCUT2D eigenvalue weighted by Gasteiger charge is -2.16. The number of alkyl halides is 2. The van der Waals surface area contributed by atoms with E-state index in [2.05, 4.69) is 10.3 Å². The van der Waals surface area contributed by atoms with Crippen LogP contribution in [0, 0.1) is 0 Å². The number of hydrogen-bond acceptors (Lipinski definition) is 2. The van der Waals surface area contributed by atoms with Gasteiger partial charge in [0.05, 0.1) is 5.69 Å². The maximum Gasteiger partial charge on any atom is 0.278 e. The number of halogens is 2. The van der Waals surface area contributed by atoms with E-state index in [-0.39, 0.29) is 5.69 Å². The van der Waals surface area contributed by atoms with Gasteiger partial charge in [-0.25, -0.2) is 8.78 Å². The molecule has 0 saturated heterocycles. The number of H-pyrrole nitrogens is 1. The minimum absolute atomic E-state index is 0.282. The molecule has 14 heavy (non-hydrogen) atoms. The second-order valence-electron chi connectivity index (χ2n) is 3.29. The van der Waals surface area contributed by atoms with Crippen LogP contribution in [0.3, 0.4) is 0 Å². The maximum atomic E-state index is 12.3. The lowest BCUT2D eigenvalue weighted by molar-refractivity contribution is 0.145. The van der Waals surface area contributed by atoms with Crippen LogP contribution in [0.2, 0.25) is 0 Å². The van der Waals surface area contributed by atoms with Crippen molar-refractivity contribution >= 4 is 0 Å². The van der Waals surface area contributed by atoms with Gasteiger partial charge in [0.25, 0.3) is 12.0 Å². The van der Waals surface area contributed by atoms with E-state index in [1.165, 1.54) is 6.07 Å². The van der Waals surface area contributed by atoms with Gasteiger partial charge in [-0.05, 0) is 24.6 Å². The molecule has 2 heterocycles. The van der Waals surface area contributed by atoms with Gasteiger partial charge >= 0.3 is 0 Å². The van der Waals surface area contributed by atoms with Crippen molar-refractivity contribution in [3.05, 3.63) is 33.2 Å². The molecule has 0 aliphatic carbocycles. The van der Waals surface area contributed by atoms with E-state index >= 15 is 0 Å². The predicted octanol–water partition coefficient (Wildman–Crippen LogP) is 0.958. The van der Waals surface area contributed by atoms with E-state index in [0.717, 1.165) is 12.1 Å². The Morgan fingerprint density at radius 1 is 1.43 bits per heavy atom. The van der Waals surface area contributed by atoms with E-state index in [1.54, 1.807) is 0 Å². The van der Waals surface area contributed by atoms with Crippen LogP contribution < -0.4 is 10.9 Å². The van der Waals surface area contributed by atoms with Gasteiger partial charge in [0.15, 0.2) is 0 Å². The van der Waals surface area contributed by atoms with Crippen molar-refractivity contribution in [2.24, 2.45) is 0 Å². The van der Waals surface area contributed by atoms with Gasteiger partial charge < -0.3 is 10.3 Å². The number of aromatic nitrogens is 1. The molecule has 2 rings (SSSR count). The average molecular weight is 200 g/mol. The first-order valence-corrected chi connectivity index (χ1v) is 4.42. The van der Waals surface area contributed by atoms with Gasteiger partial charge in [-0.15, -0.1) is 0 Å². The zero-order chi connectivity index (χ0) is 10.1. The lowest BCUT2D eigenvalue weighted by atomic mass is 10.0. The molecule has 5 heteroatoms. The van der Waals surface area contributed by atoms with Gasteiger partial charge in [-0.1, -0.05) is 0 Å². The summed E-state index contributed by atoms with van der Waals surface area (Å²) >= 11 is 0. The van der Waals surface area contributed by atoms with Gasteiger partial charge in [0, 0.05) is 12.1 Å². The molecule has 0 amide bonds. The fourth-order valence-corrected chi connectivity index (χ4v) is 1.63. The molecule has 1 aromatic heterocycles. The van der Waals surface area contributed by atoms with Gasteiger partial charge in [0.1, 0.15) is 0 Å². The summed E-state index contributed by atoms with van der Waals surface area (Å²) in [7, 11) is 0. The quantitative estimate of drug-likeness (QED) is 0.709. The molecule has 76 valence electrons. The fraction of sp³-hybridized carbons (Fsp3) is 0.444. The third kappa shape index (κ3) is 1.55. The second-order valence-corrected chi connectivity index (χ2v) is 3.29. The average Bonchev–Trinajstić information content (AvgIpc) is 2.17. The normalized spacial score (nSPS) is 15.6. The van der Waals surface area contributed by atoms with E-state index in [9.17, 15) is 13.6 Å². The molecule has 0 unspecified atom stereocenters. The van der Waals surface area contributed by atoms with E-state index in [4.69, 9.17) is 0 Å². The molecule has 0 spiro atoms. The molecule has 1 aromatic rings. The SMILES string of the molecule is O=c1[nH]c(C(F)F)cc2c1CNCC2. The molecule has 0 saturated carbocycles. The topological polar surface area (TPSA) is 44.9 Å². The van der Waals surface area contributed by atoms with Crippen molar-refractivity contribution in [3.8, 4) is 0 Å². The van der Waals surface area contributed by atoms with Crippen LogP contribution in [-0.4, -0.2) is 11.5 Å². The van der Waals surface area contributed by atoms with E-state index in [0.29, 0.717) is 18.5 Å². The number of fused-ring (bicyclic) bond motifs is 1. The molecular formula is C9H10F2N2O. The molecule has 0 radical (unpaired) electrons. The van der Waals surface area contributed by atoms with Crippen molar-refractivity contribution in [1.29, 1.82) is 0 Å². The summed E-state index contributed by atoms with van der Waals surface area (Å²) in [4.78, 5) is 13.5. The van der Waals surface area contributed by atoms with Crippen molar-refractivity contribution in [3.63, 3.8) is 0 Å². The molecule has 1 aliphatic heterocycles. The Labute approximate surface area is 79.1 Å². The van der Waals surface area contributed by atoms with Gasteiger partial charge in [-0.2, -0.15) is 0 Å². The molecule has 3 nitrogen and oxygen atoms in total. The molecular weight excluding hydrogens is 190 g/mol. The van der Waals surface area contributed by atoms with Crippen molar-refractivity contribution in [2.45, 2.75) is 19.4 Å². The number of aromatic amines is 1. The highest BCUT2D eigenvalue weighted by Gasteiger charge is 2.16. The molecule has 0 bridgehead atoms. The number of nitrogens with one attached hydrogen (secondary N) is 2. The molecule has 2 N–H and O–H groups in total. The Kier molecular flexibility index (Phi) is 2.33. The van der Waals surface area contributed by atoms with Crippen molar-refractivity contribution in [2.75, 3.05) is 6.54 Å². The Bertz CT molecular complexity index is 400. The van der Waals surface area contributed by atoms with Gasteiger partial charge in [0.2, 0.25) is 0 Å². The third-order valence-corrected chi connectivity index (χ3v) is 2.36. The zero-order valence-corrected chi connectivity index (χ0v) is 7.44. The highest BCUT2D eigenvalue weighted by atomic mass is 19.3. The Morgan fingerprint density at radius 3 is 2.93 bits per heavy atom. The Hall–Kier alpha value is -1.23. The summed E-state index contributed by atoms with van der Waals surface area (Å²) in [5, 5.41) is 3.02. The minimum Gasteiger partial charge on any atom is -0.321 e. The first kappa shape index (κ1) is 9.33. The van der Waals surface area contributed by atoms with Crippen LogP contribution in [0.25, 0.3) is 0 Å². The van der Waals surface area contributed by atoms with E-state index in [1.807, 2.05) is 0 Å². The first-order valence-electron chi connectivity index (χ1n) is 4.42. The summed E-state index contributed by atoms with van der Waals surface area (Å²) in [5.74, 6) is 0. The van der Waals surface area contributed by atoms with Gasteiger partial charge in [-0.3, -0.25) is 4.79 Å². The zero-order valence-electron chi connectivity index (χ0n) is 7.44. The monoisotopic (exact) mass is 200 g/mol. The highest BCUT2D eigenvalue weighted by molar-refractivity contribution is 5.29. The van der Waals surface area contributed by atoms with Crippen LogP contribution >= 0.6 is 0 Å². The minimum atomic E-state index is -2.61. The highest BCUT2D eigenvalue weighted by Crippen LogP contribution is 2.18. The van der Waals surface area contributed by atoms with E-state index < -0.39 is 12.0 Å². The summed E-state index contributed by atoms with van der Waals surface area (Å²) in [6.07, 6.45) is -1.97. The molecule has 0 aromatic carbocycles. The van der Waals surface area contributed by atoms with Crippen LogP contribution in [0.4, 0.5) is 8.78 Å². The van der Waals surface area contributed by atoms with Crippen LogP contribution in [0.15, 0.2) is 10.9 Å². The summed E-state index contributed by atoms with van der Waals surface area (Å²) in [6, 6.07) is 1.39. The summed E-state index contributed by atoms with van der Waals surface area (Å²) < 4.78 is 24.7. The molecule has 0 atom stereocenters. The predicted molar refractivity (Wildman–Crippen MR) is 47.4 cm³/mol. The second kappa shape index (κ2) is 3.49. The smallest absolute Gasteiger partial charge is 0.278 e. The number of rotatable bonds is 1. The maximum absolute atomic E-state index is 12.3. The van der Waals surface area contributed by atoms with Crippen LogP contribution in [0.1, 0.15) is 23.2 Å². The van der Waals surface area contributed by atoms with Crippen molar-refractivity contribution < 1.29 is 8.78 Å². The summed E-state index contributed by atoms with van der Waals surface area (Å²) in [5.41, 5.74) is 0.643. The lowest BCUT2D eigenvalue weighted by Crippen LogP contribution is -2.30. The number of pyridine rings is 1. The first-order chi connectivity index (χ1) is 6.68. The van der Waals surface area contributed by atoms with Crippen molar-refractivity contribution in [1.82, 2.24) is 10.3 Å². The molecule has 0 fully saturated rings. The Balaban J connectivity index is 2.52. The van der Waals surface area contributed by atoms with Crippen LogP contribution in [0.5, 0.6) is 0 Å². The number of hydrogen-bond donors (Lipinski definition) is 2. The third-order valence-electron chi connectivity index (χ3n) is 2.36. The fourth-order valence-electron chi connectivity index (χ4n) is 1.63. The van der Waals surface area contributed by atoms with Crippen LogP contribution in [-0.2, 0) is 13.0 Å². The summed E-state index contributed by atoms with van der Waals surface area (Å²) in [6.45, 7) is 1.20. The molecule has 1 aliphatic rings. The largest absolute Gasteiger partial charge is 0.321 e. The standard InChI is InChI=1S/C9H10F2N2O/c10-8(11)7-3-5-1-2-12-4-6(5)9(14)13-7/h3,8,12H,1-2,4H2,(H,13,14). The Morgan fingerprint density at radius 2 is 2.21 bits per heavy atom.